The predicted molar refractivity (Wildman–Crippen MR) is 74.5 cm³/mol. The zero-order valence-corrected chi connectivity index (χ0v) is 12.9. The van der Waals surface area contributed by atoms with Crippen LogP contribution < -0.4 is 5.32 Å². The van der Waals surface area contributed by atoms with Crippen molar-refractivity contribution in [3.05, 3.63) is 24.2 Å². The Morgan fingerprint density at radius 2 is 2.00 bits per heavy atom. The number of hydrogen-bond acceptors (Lipinski definition) is 4. The predicted octanol–water partition coefficient (Wildman–Crippen LogP) is 1.42. The molecular weight excluding hydrogens is 317 g/mol. The molecule has 0 fully saturated rings. The van der Waals surface area contributed by atoms with E-state index in [1.54, 1.807) is 13.8 Å². The number of aliphatic hydroxyl groups excluding tert-OH is 1. The number of carbonyl (C=O) groups excluding carboxylic acids is 2. The van der Waals surface area contributed by atoms with Crippen molar-refractivity contribution in [2.24, 2.45) is 5.92 Å². The van der Waals surface area contributed by atoms with Crippen molar-refractivity contribution in [1.82, 2.24) is 10.2 Å². The average molecular weight is 336 g/mol. The number of rotatable bonds is 6. The fourth-order valence-electron chi connectivity index (χ4n) is 1.82. The van der Waals surface area contributed by atoms with Gasteiger partial charge in [-0.3, -0.25) is 9.59 Å². The lowest BCUT2D eigenvalue weighted by molar-refractivity contribution is -0.207. The van der Waals surface area contributed by atoms with Gasteiger partial charge in [-0.05, 0) is 18.1 Å². The zero-order chi connectivity index (χ0) is 17.8. The molecule has 0 aliphatic rings. The Hall–Kier alpha value is -2.03. The highest BCUT2D eigenvalue weighted by molar-refractivity contribution is 5.95. The maximum absolute atomic E-state index is 12.4. The van der Waals surface area contributed by atoms with Gasteiger partial charge in [0.15, 0.2) is 11.9 Å². The summed E-state index contributed by atoms with van der Waals surface area (Å²) in [5, 5.41) is 11.5. The lowest BCUT2D eigenvalue weighted by Crippen LogP contribution is -2.52. The Morgan fingerprint density at radius 3 is 2.43 bits per heavy atom. The smallest absolute Gasteiger partial charge is 0.416 e. The zero-order valence-electron chi connectivity index (χ0n) is 12.9. The molecule has 2 unspecified atom stereocenters. The lowest BCUT2D eigenvalue weighted by Gasteiger charge is -2.28. The first-order valence-electron chi connectivity index (χ1n) is 6.88. The van der Waals surface area contributed by atoms with Crippen LogP contribution in [-0.2, 0) is 4.79 Å². The molecule has 0 spiro atoms. The van der Waals surface area contributed by atoms with Gasteiger partial charge in [-0.2, -0.15) is 13.2 Å². The van der Waals surface area contributed by atoms with Crippen LogP contribution in [0.25, 0.3) is 0 Å². The van der Waals surface area contributed by atoms with Gasteiger partial charge in [0.1, 0.15) is 6.04 Å². The second-order valence-electron chi connectivity index (χ2n) is 5.45. The summed E-state index contributed by atoms with van der Waals surface area (Å²) in [6, 6.07) is 1.85. The fraction of sp³-hybridized carbons (Fsp3) is 0.571. The first-order valence-corrected chi connectivity index (χ1v) is 6.88. The van der Waals surface area contributed by atoms with E-state index in [1.807, 2.05) is 0 Å². The minimum absolute atomic E-state index is 0.0126. The Labute approximate surface area is 131 Å². The summed E-state index contributed by atoms with van der Waals surface area (Å²) in [4.78, 5) is 24.9. The van der Waals surface area contributed by atoms with Gasteiger partial charge in [0.2, 0.25) is 5.91 Å². The van der Waals surface area contributed by atoms with E-state index in [9.17, 15) is 22.8 Å². The molecule has 0 bridgehead atoms. The molecule has 1 heterocycles. The van der Waals surface area contributed by atoms with E-state index in [1.165, 1.54) is 18.4 Å². The SMILES string of the molecule is CC(C)C(NC(=O)c1ccco1)C(=O)N(C)CC(O)C(F)(F)F. The fourth-order valence-corrected chi connectivity index (χ4v) is 1.82. The maximum atomic E-state index is 12.4. The van der Waals surface area contributed by atoms with E-state index >= 15 is 0 Å². The third-order valence-corrected chi connectivity index (χ3v) is 3.17. The van der Waals surface area contributed by atoms with Crippen molar-refractivity contribution < 1.29 is 32.3 Å². The number of nitrogens with zero attached hydrogens (tertiary/aromatic N) is 1. The number of nitrogens with one attached hydrogen (secondary N) is 1. The summed E-state index contributed by atoms with van der Waals surface area (Å²) >= 11 is 0. The Morgan fingerprint density at radius 1 is 1.39 bits per heavy atom. The Kier molecular flexibility index (Phi) is 6.20. The van der Waals surface area contributed by atoms with E-state index in [-0.39, 0.29) is 11.7 Å². The van der Waals surface area contributed by atoms with Crippen LogP contribution >= 0.6 is 0 Å². The number of hydrogen-bond donors (Lipinski definition) is 2. The molecule has 1 aromatic heterocycles. The standard InChI is InChI=1S/C14H19F3N2O4/c1-8(2)11(18-12(21)9-5-4-6-23-9)13(22)19(3)7-10(20)14(15,16)17/h4-6,8,10-11,20H,7H2,1-3H3,(H,18,21). The van der Waals surface area contributed by atoms with Crippen LogP contribution in [0.3, 0.4) is 0 Å². The summed E-state index contributed by atoms with van der Waals surface area (Å²) in [6.45, 7) is 2.36. The molecule has 0 aliphatic heterocycles. The van der Waals surface area contributed by atoms with Gasteiger partial charge < -0.3 is 19.7 Å². The monoisotopic (exact) mass is 336 g/mol. The molecule has 2 amide bonds. The highest BCUT2D eigenvalue weighted by Gasteiger charge is 2.40. The normalized spacial score (nSPS) is 14.4. The number of furan rings is 1. The van der Waals surface area contributed by atoms with Crippen LogP contribution in [0.4, 0.5) is 13.2 Å². The topological polar surface area (TPSA) is 82.8 Å². The van der Waals surface area contributed by atoms with Gasteiger partial charge in [0.05, 0.1) is 12.8 Å². The highest BCUT2D eigenvalue weighted by Crippen LogP contribution is 2.21. The summed E-state index contributed by atoms with van der Waals surface area (Å²) in [5.74, 6) is -1.76. The molecule has 1 aromatic rings. The van der Waals surface area contributed by atoms with E-state index in [4.69, 9.17) is 9.52 Å². The average Bonchev–Trinajstić information content (AvgIpc) is 2.96. The molecule has 130 valence electrons. The van der Waals surface area contributed by atoms with Crippen molar-refractivity contribution >= 4 is 11.8 Å². The van der Waals surface area contributed by atoms with Gasteiger partial charge in [0, 0.05) is 7.05 Å². The van der Waals surface area contributed by atoms with E-state index < -0.39 is 36.7 Å². The molecule has 2 N–H and O–H groups in total. The minimum Gasteiger partial charge on any atom is -0.459 e. The minimum atomic E-state index is -4.82. The molecule has 0 aromatic carbocycles. The van der Waals surface area contributed by atoms with Crippen molar-refractivity contribution in [2.75, 3.05) is 13.6 Å². The molecule has 0 radical (unpaired) electrons. The highest BCUT2D eigenvalue weighted by atomic mass is 19.4. The van der Waals surface area contributed by atoms with E-state index in [0.29, 0.717) is 0 Å². The number of aliphatic hydroxyl groups is 1. The quantitative estimate of drug-likeness (QED) is 0.823. The maximum Gasteiger partial charge on any atom is 0.416 e. The van der Waals surface area contributed by atoms with Crippen LogP contribution in [0.1, 0.15) is 24.4 Å². The number of amides is 2. The van der Waals surface area contributed by atoms with Gasteiger partial charge in [-0.25, -0.2) is 0 Å². The summed E-state index contributed by atoms with van der Waals surface area (Å²) in [7, 11) is 1.13. The Balaban J connectivity index is 2.76. The van der Waals surface area contributed by atoms with Gasteiger partial charge in [0.25, 0.3) is 5.91 Å². The largest absolute Gasteiger partial charge is 0.459 e. The van der Waals surface area contributed by atoms with Crippen LogP contribution in [0.2, 0.25) is 0 Å². The van der Waals surface area contributed by atoms with Gasteiger partial charge in [-0.15, -0.1) is 0 Å². The molecule has 2 atom stereocenters. The van der Waals surface area contributed by atoms with Crippen molar-refractivity contribution in [1.29, 1.82) is 0 Å². The molecule has 9 heteroatoms. The van der Waals surface area contributed by atoms with Gasteiger partial charge >= 0.3 is 6.18 Å². The van der Waals surface area contributed by atoms with Crippen LogP contribution in [0.5, 0.6) is 0 Å². The van der Waals surface area contributed by atoms with Crippen LogP contribution in [-0.4, -0.2) is 53.7 Å². The van der Waals surface area contributed by atoms with Crippen LogP contribution in [0.15, 0.2) is 22.8 Å². The van der Waals surface area contributed by atoms with Crippen LogP contribution in [0, 0.1) is 5.92 Å². The molecule has 0 saturated carbocycles. The molecular formula is C14H19F3N2O4. The second-order valence-corrected chi connectivity index (χ2v) is 5.45. The molecule has 1 rings (SSSR count). The number of likely N-dealkylation sites (N-methyl/N-ethyl adjacent to an activating group) is 1. The van der Waals surface area contributed by atoms with Gasteiger partial charge in [-0.1, -0.05) is 13.8 Å². The molecule has 0 aliphatic carbocycles. The third kappa shape index (κ3) is 5.27. The number of carbonyl (C=O) groups is 2. The first-order chi connectivity index (χ1) is 10.5. The number of alkyl halides is 3. The summed E-state index contributed by atoms with van der Waals surface area (Å²) in [6.07, 6.45) is -6.18. The molecule has 6 nitrogen and oxygen atoms in total. The molecule has 23 heavy (non-hydrogen) atoms. The first kappa shape index (κ1) is 19.0. The second kappa shape index (κ2) is 7.49. The van der Waals surface area contributed by atoms with E-state index in [2.05, 4.69) is 5.32 Å². The lowest BCUT2D eigenvalue weighted by atomic mass is 10.0. The third-order valence-electron chi connectivity index (χ3n) is 3.17. The molecule has 0 saturated heterocycles. The van der Waals surface area contributed by atoms with Crippen molar-refractivity contribution in [2.45, 2.75) is 32.2 Å². The van der Waals surface area contributed by atoms with Crippen molar-refractivity contribution in [3.8, 4) is 0 Å². The summed E-state index contributed by atoms with van der Waals surface area (Å²) in [5.41, 5.74) is 0. The van der Waals surface area contributed by atoms with Crippen molar-refractivity contribution in [3.63, 3.8) is 0 Å². The Bertz CT molecular complexity index is 529. The summed E-state index contributed by atoms with van der Waals surface area (Å²) < 4.78 is 42.0. The number of halogens is 3. The van der Waals surface area contributed by atoms with E-state index in [0.717, 1.165) is 11.9 Å².